The van der Waals surface area contributed by atoms with E-state index in [0.29, 0.717) is 25.0 Å². The van der Waals surface area contributed by atoms with Crippen molar-refractivity contribution in [2.45, 2.75) is 64.5 Å². The number of fused-ring (bicyclic) bond motifs is 4. The first-order valence-corrected chi connectivity index (χ1v) is 15.8. The number of nitrogens with one attached hydrogen (secondary N) is 3. The van der Waals surface area contributed by atoms with Gasteiger partial charge in [0, 0.05) is 68.9 Å². The fraction of sp³-hybridized carbons (Fsp3) is 0.741. The van der Waals surface area contributed by atoms with E-state index >= 15 is 0 Å². The summed E-state index contributed by atoms with van der Waals surface area (Å²) in [4.78, 5) is 17.5. The Morgan fingerprint density at radius 3 is 2.10 bits per heavy atom. The number of halogens is 2. The summed E-state index contributed by atoms with van der Waals surface area (Å²) in [5, 5.41) is 6.32. The van der Waals surface area contributed by atoms with E-state index in [1.54, 1.807) is 0 Å². The summed E-state index contributed by atoms with van der Waals surface area (Å²) >= 11 is 0. The molecule has 2 aliphatic carbocycles. The lowest BCUT2D eigenvalue weighted by atomic mass is 9.92. The SMILES string of the molecule is CCN1CC2CN(S(=O)(=O)NC(=O)Nc3c4c(cc5c3CCC5)CCC4)CC21.CCN1CC2CNCC21.Cl.Cl. The lowest BCUT2D eigenvalue weighted by Gasteiger charge is -2.43. The zero-order valence-corrected chi connectivity index (χ0v) is 25.5. The highest BCUT2D eigenvalue weighted by Crippen LogP contribution is 2.39. The van der Waals surface area contributed by atoms with E-state index < -0.39 is 16.2 Å². The van der Waals surface area contributed by atoms with Gasteiger partial charge < -0.3 is 10.6 Å². The molecule has 3 N–H and O–H groups in total. The maximum absolute atomic E-state index is 12.8. The molecule has 39 heavy (non-hydrogen) atoms. The van der Waals surface area contributed by atoms with E-state index in [-0.39, 0.29) is 24.8 Å². The molecule has 1 aromatic carbocycles. The van der Waals surface area contributed by atoms with Crippen molar-refractivity contribution in [3.8, 4) is 0 Å². The smallest absolute Gasteiger partial charge is 0.315 e. The van der Waals surface area contributed by atoms with E-state index in [9.17, 15) is 13.2 Å². The summed E-state index contributed by atoms with van der Waals surface area (Å²) in [6, 6.07) is 2.85. The first-order chi connectivity index (χ1) is 17.9. The quantitative estimate of drug-likeness (QED) is 0.479. The average Bonchev–Trinajstić information content (AvgIpc) is 3.62. The van der Waals surface area contributed by atoms with Crippen LogP contribution in [0.3, 0.4) is 0 Å². The predicted octanol–water partition coefficient (Wildman–Crippen LogP) is 2.42. The first-order valence-electron chi connectivity index (χ1n) is 14.3. The van der Waals surface area contributed by atoms with Gasteiger partial charge in [0.1, 0.15) is 0 Å². The predicted molar refractivity (Wildman–Crippen MR) is 160 cm³/mol. The molecule has 9 nitrogen and oxygen atoms in total. The highest BCUT2D eigenvalue weighted by molar-refractivity contribution is 7.87. The lowest BCUT2D eigenvalue weighted by Crippen LogP contribution is -2.55. The van der Waals surface area contributed by atoms with Crippen molar-refractivity contribution in [2.75, 3.05) is 57.7 Å². The fourth-order valence-electron chi connectivity index (χ4n) is 7.55. The van der Waals surface area contributed by atoms with Crippen LogP contribution in [0.25, 0.3) is 0 Å². The van der Waals surface area contributed by atoms with Crippen LogP contribution in [0, 0.1) is 11.8 Å². The van der Waals surface area contributed by atoms with Crippen molar-refractivity contribution < 1.29 is 13.2 Å². The van der Waals surface area contributed by atoms with Gasteiger partial charge in [0.05, 0.1) is 0 Å². The molecule has 0 aromatic heterocycles. The van der Waals surface area contributed by atoms with Gasteiger partial charge in [-0.05, 0) is 73.9 Å². The van der Waals surface area contributed by atoms with Gasteiger partial charge in [0.15, 0.2) is 0 Å². The Morgan fingerprint density at radius 1 is 0.872 bits per heavy atom. The largest absolute Gasteiger partial charge is 0.333 e. The molecule has 12 heteroatoms. The third-order valence-electron chi connectivity index (χ3n) is 9.64. The molecular formula is C27H44Cl2N6O3S. The third-order valence-corrected chi connectivity index (χ3v) is 11.1. The Balaban J connectivity index is 0.000000272. The molecular weight excluding hydrogens is 559 g/mol. The van der Waals surface area contributed by atoms with E-state index in [2.05, 4.69) is 45.1 Å². The second-order valence-corrected chi connectivity index (χ2v) is 13.3. The van der Waals surface area contributed by atoms with Crippen LogP contribution < -0.4 is 15.4 Å². The molecule has 6 aliphatic rings. The minimum absolute atomic E-state index is 0. The molecule has 220 valence electrons. The highest BCUT2D eigenvalue weighted by Gasteiger charge is 2.48. The number of urea groups is 1. The van der Waals surface area contributed by atoms with Gasteiger partial charge >= 0.3 is 16.2 Å². The topological polar surface area (TPSA) is 97.0 Å². The Bertz CT molecular complexity index is 1140. The third kappa shape index (κ3) is 5.80. The molecule has 0 bridgehead atoms. The molecule has 4 atom stereocenters. The molecule has 0 radical (unpaired) electrons. The van der Waals surface area contributed by atoms with Crippen LogP contribution in [-0.4, -0.2) is 93.0 Å². The van der Waals surface area contributed by atoms with Gasteiger partial charge in [0.2, 0.25) is 0 Å². The van der Waals surface area contributed by atoms with Crippen molar-refractivity contribution in [1.29, 1.82) is 0 Å². The molecule has 0 spiro atoms. The number of nitrogens with zero attached hydrogens (tertiary/aromatic N) is 3. The second-order valence-electron chi connectivity index (χ2n) is 11.6. The van der Waals surface area contributed by atoms with Crippen molar-refractivity contribution >= 4 is 46.7 Å². The van der Waals surface area contributed by atoms with Crippen molar-refractivity contribution in [1.82, 2.24) is 24.1 Å². The molecule has 0 saturated carbocycles. The van der Waals surface area contributed by atoms with Crippen LogP contribution in [0.4, 0.5) is 10.5 Å². The maximum atomic E-state index is 12.8. The van der Waals surface area contributed by atoms with Crippen LogP contribution in [0.5, 0.6) is 0 Å². The van der Waals surface area contributed by atoms with Gasteiger partial charge in [-0.2, -0.15) is 12.7 Å². The van der Waals surface area contributed by atoms with Gasteiger partial charge in [-0.3, -0.25) is 9.80 Å². The number of anilines is 1. The summed E-state index contributed by atoms with van der Waals surface area (Å²) in [6.45, 7) is 12.3. The number of likely N-dealkylation sites (N-methyl/N-ethyl adjacent to an activating group) is 2. The zero-order chi connectivity index (χ0) is 25.7. The number of amides is 2. The first kappa shape index (κ1) is 30.8. The summed E-state index contributed by atoms with van der Waals surface area (Å²) in [5.41, 5.74) is 5.90. The van der Waals surface area contributed by atoms with E-state index in [0.717, 1.165) is 69.3 Å². The van der Waals surface area contributed by atoms with Crippen molar-refractivity contribution in [2.24, 2.45) is 11.8 Å². The highest BCUT2D eigenvalue weighted by atomic mass is 35.5. The lowest BCUT2D eigenvalue weighted by molar-refractivity contribution is 0.0579. The molecule has 1 aromatic rings. The number of carbonyl (C=O) groups is 1. The van der Waals surface area contributed by atoms with Gasteiger partial charge in [-0.15, -0.1) is 24.8 Å². The van der Waals surface area contributed by atoms with Crippen LogP contribution >= 0.6 is 24.8 Å². The maximum Gasteiger partial charge on any atom is 0.333 e. The summed E-state index contributed by atoms with van der Waals surface area (Å²) < 4.78 is 29.2. The number of hydrogen-bond donors (Lipinski definition) is 3. The summed E-state index contributed by atoms with van der Waals surface area (Å²) in [6.07, 6.45) is 6.18. The number of carbonyl (C=O) groups excluding carboxylic acids is 1. The second kappa shape index (κ2) is 12.4. The Hall–Kier alpha value is -1.14. The normalized spacial score (nSPS) is 28.8. The monoisotopic (exact) mass is 602 g/mol. The fourth-order valence-corrected chi connectivity index (χ4v) is 8.70. The Morgan fingerprint density at radius 2 is 1.49 bits per heavy atom. The van der Waals surface area contributed by atoms with Crippen LogP contribution in [0.1, 0.15) is 48.9 Å². The number of aryl methyl sites for hydroxylation is 2. The van der Waals surface area contributed by atoms with Gasteiger partial charge in [0.25, 0.3) is 0 Å². The molecule has 4 aliphatic heterocycles. The molecule has 4 saturated heterocycles. The van der Waals surface area contributed by atoms with Crippen LogP contribution in [-0.2, 0) is 35.9 Å². The summed E-state index contributed by atoms with van der Waals surface area (Å²) in [5.74, 6) is 1.38. The zero-order valence-electron chi connectivity index (χ0n) is 23.1. The molecule has 4 heterocycles. The van der Waals surface area contributed by atoms with Crippen LogP contribution in [0.15, 0.2) is 6.07 Å². The molecule has 4 unspecified atom stereocenters. The number of likely N-dealkylation sites (tertiary alicyclic amines) is 2. The van der Waals surface area contributed by atoms with Crippen molar-refractivity contribution in [3.63, 3.8) is 0 Å². The van der Waals surface area contributed by atoms with E-state index in [1.807, 2.05) is 0 Å². The minimum Gasteiger partial charge on any atom is -0.315 e. The summed E-state index contributed by atoms with van der Waals surface area (Å²) in [7, 11) is -3.82. The van der Waals surface area contributed by atoms with Gasteiger partial charge in [-0.25, -0.2) is 9.52 Å². The molecule has 7 rings (SSSR count). The average molecular weight is 604 g/mol. The Labute approximate surface area is 245 Å². The molecule has 4 fully saturated rings. The molecule has 2 amide bonds. The Kier molecular flexibility index (Phi) is 9.79. The van der Waals surface area contributed by atoms with Crippen LogP contribution in [0.2, 0.25) is 0 Å². The van der Waals surface area contributed by atoms with E-state index in [4.69, 9.17) is 0 Å². The number of rotatable bonds is 5. The van der Waals surface area contributed by atoms with E-state index in [1.165, 1.54) is 52.7 Å². The standard InChI is InChI=1S/C20H28N4O3S.C7H14N2.2ClH/c1-2-23-10-15-11-24(12-18(15)23)28(26,27)22-20(25)21-19-16-7-3-5-13(16)9-14-6-4-8-17(14)19;1-2-9-5-6-3-8-4-7(6)9;;/h9,15,18H,2-8,10-12H2,1H3,(H2,21,22,25);6-8H,2-5H2,1H3;2*1H. The van der Waals surface area contributed by atoms with Crippen molar-refractivity contribution in [3.05, 3.63) is 28.3 Å². The number of hydrogen-bond acceptors (Lipinski definition) is 6. The minimum atomic E-state index is -3.82. The number of benzene rings is 1. The van der Waals surface area contributed by atoms with Gasteiger partial charge in [-0.1, -0.05) is 19.9 Å².